The van der Waals surface area contributed by atoms with Crippen molar-refractivity contribution in [3.05, 3.63) is 103 Å². The molecule has 1 aromatic heterocycles. The van der Waals surface area contributed by atoms with Crippen molar-refractivity contribution in [2.45, 2.75) is 18.4 Å². The number of halogens is 1. The predicted molar refractivity (Wildman–Crippen MR) is 134 cm³/mol. The number of amides is 1. The fraction of sp³-hybridized carbons (Fsp3) is 0.154. The lowest BCUT2D eigenvalue weighted by atomic mass is 10.1. The van der Waals surface area contributed by atoms with Gasteiger partial charge in [0.1, 0.15) is 18.1 Å². The highest BCUT2D eigenvalue weighted by Crippen LogP contribution is 2.26. The van der Waals surface area contributed by atoms with Crippen LogP contribution in [0.15, 0.2) is 96.4 Å². The molecule has 0 bridgehead atoms. The molecule has 0 fully saturated rings. The van der Waals surface area contributed by atoms with Crippen molar-refractivity contribution in [3.8, 4) is 11.4 Å². The first-order valence-electron chi connectivity index (χ1n) is 11.2. The number of ether oxygens (including phenoxy) is 1. The molecule has 0 spiro atoms. The molecule has 0 saturated heterocycles. The Bertz CT molecular complexity index is 1410. The van der Waals surface area contributed by atoms with Crippen molar-refractivity contribution >= 4 is 21.6 Å². The molecule has 4 rings (SSSR count). The van der Waals surface area contributed by atoms with Gasteiger partial charge in [0, 0.05) is 18.9 Å². The van der Waals surface area contributed by atoms with E-state index in [1.807, 2.05) is 35.8 Å². The second-order valence-electron chi connectivity index (χ2n) is 7.77. The van der Waals surface area contributed by atoms with E-state index >= 15 is 0 Å². The lowest BCUT2D eigenvalue weighted by Crippen LogP contribution is -2.40. The lowest BCUT2D eigenvalue weighted by Gasteiger charge is -2.24. The predicted octanol–water partition coefficient (Wildman–Crippen LogP) is 3.92. The van der Waals surface area contributed by atoms with Crippen molar-refractivity contribution in [1.29, 1.82) is 0 Å². The molecule has 8 nitrogen and oxygen atoms in total. The summed E-state index contributed by atoms with van der Waals surface area (Å²) in [7, 11) is -4.17. The standard InChI is InChI=1S/C26H25FN4O4S/c1-2-35-23-11-9-22(10-12-23)31(36(33,34)24-13-7-21(27)8-14-24)18-26(32)29-17-20-5-3-4-6-25(20)30-16-15-28-19-30/h3-16,19H,2,17-18H2,1H3,(H,29,32). The van der Waals surface area contributed by atoms with Gasteiger partial charge in [-0.2, -0.15) is 0 Å². The van der Waals surface area contributed by atoms with Gasteiger partial charge in [0.05, 0.1) is 29.2 Å². The number of para-hydroxylation sites is 1. The minimum absolute atomic E-state index is 0.129. The largest absolute Gasteiger partial charge is 0.494 e. The van der Waals surface area contributed by atoms with Crippen LogP contribution >= 0.6 is 0 Å². The molecule has 4 aromatic rings. The smallest absolute Gasteiger partial charge is 0.264 e. The summed E-state index contributed by atoms with van der Waals surface area (Å²) in [5.41, 5.74) is 1.95. The van der Waals surface area contributed by atoms with Crippen LogP contribution in [0.3, 0.4) is 0 Å². The van der Waals surface area contributed by atoms with Crippen LogP contribution in [0.25, 0.3) is 5.69 Å². The number of anilines is 1. The van der Waals surface area contributed by atoms with Gasteiger partial charge in [-0.05, 0) is 67.1 Å². The van der Waals surface area contributed by atoms with Gasteiger partial charge < -0.3 is 14.6 Å². The van der Waals surface area contributed by atoms with Crippen LogP contribution < -0.4 is 14.4 Å². The van der Waals surface area contributed by atoms with Gasteiger partial charge in [0.25, 0.3) is 10.0 Å². The molecule has 1 heterocycles. The third-order valence-corrected chi connectivity index (χ3v) is 7.16. The number of hydrogen-bond donors (Lipinski definition) is 1. The summed E-state index contributed by atoms with van der Waals surface area (Å²) < 4.78 is 48.6. The molecule has 1 N–H and O–H groups in total. The van der Waals surface area contributed by atoms with E-state index in [0.29, 0.717) is 12.4 Å². The van der Waals surface area contributed by atoms with E-state index in [1.54, 1.807) is 43.0 Å². The van der Waals surface area contributed by atoms with Crippen LogP contribution in [0.2, 0.25) is 0 Å². The van der Waals surface area contributed by atoms with Crippen molar-refractivity contribution in [3.63, 3.8) is 0 Å². The van der Waals surface area contributed by atoms with Crippen LogP contribution in [0.1, 0.15) is 12.5 Å². The normalized spacial score (nSPS) is 11.2. The molecule has 0 aliphatic carbocycles. The molecular formula is C26H25FN4O4S. The van der Waals surface area contributed by atoms with Crippen LogP contribution in [0, 0.1) is 5.82 Å². The van der Waals surface area contributed by atoms with Gasteiger partial charge in [0.2, 0.25) is 5.91 Å². The number of carbonyl (C=O) groups excluding carboxylic acids is 1. The summed E-state index contributed by atoms with van der Waals surface area (Å²) in [4.78, 5) is 16.9. The summed E-state index contributed by atoms with van der Waals surface area (Å²) >= 11 is 0. The zero-order chi connectivity index (χ0) is 25.5. The fourth-order valence-electron chi connectivity index (χ4n) is 3.62. The molecule has 0 saturated carbocycles. The Morgan fingerprint density at radius 3 is 2.44 bits per heavy atom. The second kappa shape index (κ2) is 11.0. The lowest BCUT2D eigenvalue weighted by molar-refractivity contribution is -0.119. The van der Waals surface area contributed by atoms with E-state index in [0.717, 1.165) is 27.7 Å². The molecule has 0 radical (unpaired) electrons. The molecule has 0 aliphatic heterocycles. The van der Waals surface area contributed by atoms with E-state index in [2.05, 4.69) is 10.3 Å². The summed E-state index contributed by atoms with van der Waals surface area (Å²) in [5.74, 6) is -0.494. The number of benzene rings is 3. The summed E-state index contributed by atoms with van der Waals surface area (Å²) in [6.07, 6.45) is 5.11. The van der Waals surface area contributed by atoms with Crippen molar-refractivity contribution in [2.24, 2.45) is 0 Å². The maximum Gasteiger partial charge on any atom is 0.264 e. The van der Waals surface area contributed by atoms with E-state index in [4.69, 9.17) is 4.74 Å². The third kappa shape index (κ3) is 5.72. The summed E-state index contributed by atoms with van der Waals surface area (Å²) in [6.45, 7) is 2.01. The van der Waals surface area contributed by atoms with E-state index in [1.165, 1.54) is 12.1 Å². The zero-order valence-corrected chi connectivity index (χ0v) is 20.4. The zero-order valence-electron chi connectivity index (χ0n) is 19.5. The van der Waals surface area contributed by atoms with Crippen molar-refractivity contribution < 1.29 is 22.3 Å². The Kier molecular flexibility index (Phi) is 7.65. The Labute approximate surface area is 209 Å². The SMILES string of the molecule is CCOc1ccc(N(CC(=O)NCc2ccccc2-n2ccnc2)S(=O)(=O)c2ccc(F)cc2)cc1. The second-order valence-corrected chi connectivity index (χ2v) is 9.63. The van der Waals surface area contributed by atoms with Crippen molar-refractivity contribution in [1.82, 2.24) is 14.9 Å². The fourth-order valence-corrected chi connectivity index (χ4v) is 5.04. The molecule has 36 heavy (non-hydrogen) atoms. The molecule has 0 atom stereocenters. The first-order valence-corrected chi connectivity index (χ1v) is 12.7. The maximum absolute atomic E-state index is 13.5. The van der Waals surface area contributed by atoms with Crippen molar-refractivity contribution in [2.75, 3.05) is 17.5 Å². The molecule has 10 heteroatoms. The minimum atomic E-state index is -4.17. The van der Waals surface area contributed by atoms with Gasteiger partial charge in [-0.15, -0.1) is 0 Å². The quantitative estimate of drug-likeness (QED) is 0.351. The van der Waals surface area contributed by atoms with Crippen LogP contribution in [0.4, 0.5) is 10.1 Å². The summed E-state index contributed by atoms with van der Waals surface area (Å²) in [5, 5.41) is 2.80. The van der Waals surface area contributed by atoms with E-state index in [9.17, 15) is 17.6 Å². The van der Waals surface area contributed by atoms with Gasteiger partial charge in [-0.1, -0.05) is 18.2 Å². The molecule has 1 amide bonds. The Morgan fingerprint density at radius 1 is 1.06 bits per heavy atom. The van der Waals surface area contributed by atoms with Gasteiger partial charge in [-0.3, -0.25) is 9.10 Å². The van der Waals surface area contributed by atoms with E-state index < -0.39 is 28.3 Å². The number of rotatable bonds is 10. The topological polar surface area (TPSA) is 93.5 Å². The van der Waals surface area contributed by atoms with Crippen LogP contribution in [-0.4, -0.2) is 37.0 Å². The molecule has 0 aliphatic rings. The highest BCUT2D eigenvalue weighted by molar-refractivity contribution is 7.92. The van der Waals surface area contributed by atoms with Crippen LogP contribution in [-0.2, 0) is 21.4 Å². The Morgan fingerprint density at radius 2 is 1.78 bits per heavy atom. The number of hydrogen-bond acceptors (Lipinski definition) is 5. The first-order chi connectivity index (χ1) is 17.4. The maximum atomic E-state index is 13.5. The Hall–Kier alpha value is -4.18. The van der Waals surface area contributed by atoms with Gasteiger partial charge in [-0.25, -0.2) is 17.8 Å². The average molecular weight is 509 g/mol. The molecule has 0 unspecified atom stereocenters. The minimum Gasteiger partial charge on any atom is -0.494 e. The van der Waals surface area contributed by atoms with Gasteiger partial charge in [0.15, 0.2) is 0 Å². The highest BCUT2D eigenvalue weighted by Gasteiger charge is 2.27. The third-order valence-electron chi connectivity index (χ3n) is 5.37. The van der Waals surface area contributed by atoms with E-state index in [-0.39, 0.29) is 17.1 Å². The number of carbonyl (C=O) groups is 1. The summed E-state index contributed by atoms with van der Waals surface area (Å²) in [6, 6.07) is 18.4. The Balaban J connectivity index is 1.57. The molecule has 3 aromatic carbocycles. The first kappa shape index (κ1) is 24.9. The highest BCUT2D eigenvalue weighted by atomic mass is 32.2. The molecule has 186 valence electrons. The van der Waals surface area contributed by atoms with Crippen LogP contribution in [0.5, 0.6) is 5.75 Å². The molecular weight excluding hydrogens is 483 g/mol. The average Bonchev–Trinajstić information content (AvgIpc) is 3.42. The van der Waals surface area contributed by atoms with Gasteiger partial charge >= 0.3 is 0 Å². The number of aromatic nitrogens is 2. The number of nitrogens with zero attached hydrogens (tertiary/aromatic N) is 3. The monoisotopic (exact) mass is 508 g/mol. The number of nitrogens with one attached hydrogen (secondary N) is 1. The number of sulfonamides is 1. The number of imidazole rings is 1.